The van der Waals surface area contributed by atoms with Gasteiger partial charge < -0.3 is 15.1 Å². The van der Waals surface area contributed by atoms with E-state index in [-0.39, 0.29) is 11.7 Å². The Hall–Kier alpha value is -1.87. The molecule has 1 aliphatic rings. The number of amides is 1. The summed E-state index contributed by atoms with van der Waals surface area (Å²) < 4.78 is 26.5. The molecule has 2 N–H and O–H groups in total. The number of aromatic nitrogens is 1. The molecular weight excluding hydrogens is 390 g/mol. The van der Waals surface area contributed by atoms with Gasteiger partial charge in [0.25, 0.3) is 5.91 Å². The molecule has 0 radical (unpaired) electrons. The molecule has 1 saturated heterocycles. The molecule has 0 unspecified atom stereocenters. The third-order valence-electron chi connectivity index (χ3n) is 4.63. The predicted molar refractivity (Wildman–Crippen MR) is 118 cm³/mol. The van der Waals surface area contributed by atoms with Crippen molar-refractivity contribution < 1.29 is 13.2 Å². The lowest BCUT2D eigenvalue weighted by Gasteiger charge is -2.32. The average molecular weight is 426 g/mol. The number of anilines is 2. The SMILES string of the molecule is CCS(=O)(=O)Nc1cnc(N2CCNCC2)c(C(=O)N(CC(C)C)CC(C)C)c1. The summed E-state index contributed by atoms with van der Waals surface area (Å²) >= 11 is 0. The smallest absolute Gasteiger partial charge is 0.257 e. The van der Waals surface area contributed by atoms with Crippen LogP contribution in [0.5, 0.6) is 0 Å². The van der Waals surface area contributed by atoms with Crippen LogP contribution in [0.2, 0.25) is 0 Å². The van der Waals surface area contributed by atoms with Crippen LogP contribution in [0.15, 0.2) is 12.3 Å². The van der Waals surface area contributed by atoms with Crippen molar-refractivity contribution in [2.24, 2.45) is 11.8 Å². The lowest BCUT2D eigenvalue weighted by molar-refractivity contribution is 0.0715. The summed E-state index contributed by atoms with van der Waals surface area (Å²) in [5.41, 5.74) is 0.771. The maximum absolute atomic E-state index is 13.5. The first-order valence-electron chi connectivity index (χ1n) is 10.4. The van der Waals surface area contributed by atoms with Crippen LogP contribution < -0.4 is 14.9 Å². The number of hydrogen-bond donors (Lipinski definition) is 2. The zero-order chi connectivity index (χ0) is 21.6. The number of nitrogens with one attached hydrogen (secondary N) is 2. The van der Waals surface area contributed by atoms with Crippen LogP contribution in [-0.2, 0) is 10.0 Å². The van der Waals surface area contributed by atoms with Crippen molar-refractivity contribution in [3.8, 4) is 0 Å². The Morgan fingerprint density at radius 1 is 1.21 bits per heavy atom. The van der Waals surface area contributed by atoms with Gasteiger partial charge in [-0.2, -0.15) is 0 Å². The van der Waals surface area contributed by atoms with Crippen molar-refractivity contribution >= 4 is 27.4 Å². The van der Waals surface area contributed by atoms with E-state index in [1.54, 1.807) is 13.0 Å². The standard InChI is InChI=1S/C20H35N5O3S/c1-6-29(27,28)23-17-11-18(19(22-12-17)24-9-7-21-8-10-24)20(26)25(13-15(2)3)14-16(4)5/h11-12,15-16,21,23H,6-10,13-14H2,1-5H3. The van der Waals surface area contributed by atoms with Gasteiger partial charge in [-0.25, -0.2) is 13.4 Å². The summed E-state index contributed by atoms with van der Waals surface area (Å²) in [4.78, 5) is 22.0. The molecule has 9 heteroatoms. The third kappa shape index (κ3) is 6.85. The lowest BCUT2D eigenvalue weighted by Crippen LogP contribution is -2.45. The van der Waals surface area contributed by atoms with Crippen molar-refractivity contribution in [2.75, 3.05) is 54.6 Å². The molecule has 0 saturated carbocycles. The number of pyridine rings is 1. The molecule has 1 aromatic heterocycles. The Labute approximate surface area is 175 Å². The highest BCUT2D eigenvalue weighted by Gasteiger charge is 2.26. The van der Waals surface area contributed by atoms with Crippen molar-refractivity contribution in [2.45, 2.75) is 34.6 Å². The van der Waals surface area contributed by atoms with Gasteiger partial charge in [0.1, 0.15) is 5.82 Å². The molecule has 0 atom stereocenters. The molecular formula is C20H35N5O3S. The van der Waals surface area contributed by atoms with E-state index in [1.807, 2.05) is 4.90 Å². The lowest BCUT2D eigenvalue weighted by atomic mass is 10.1. The van der Waals surface area contributed by atoms with Crippen molar-refractivity contribution in [1.29, 1.82) is 0 Å². The molecule has 1 fully saturated rings. The first-order valence-corrected chi connectivity index (χ1v) is 12.0. The van der Waals surface area contributed by atoms with Crippen LogP contribution in [0.25, 0.3) is 0 Å². The van der Waals surface area contributed by atoms with E-state index in [0.29, 0.717) is 42.0 Å². The van der Waals surface area contributed by atoms with Crippen LogP contribution in [-0.4, -0.2) is 69.2 Å². The Bertz CT molecular complexity index is 779. The van der Waals surface area contributed by atoms with Crippen molar-refractivity contribution in [3.63, 3.8) is 0 Å². The molecule has 1 aliphatic heterocycles. The van der Waals surface area contributed by atoms with E-state index in [0.717, 1.165) is 26.2 Å². The summed E-state index contributed by atoms with van der Waals surface area (Å²) in [6, 6.07) is 1.63. The summed E-state index contributed by atoms with van der Waals surface area (Å²) in [6.45, 7) is 14.3. The number of carbonyl (C=O) groups is 1. The fraction of sp³-hybridized carbons (Fsp3) is 0.700. The topological polar surface area (TPSA) is 94.6 Å². The van der Waals surface area contributed by atoms with Gasteiger partial charge in [0.2, 0.25) is 10.0 Å². The minimum absolute atomic E-state index is 0.0390. The number of hydrogen-bond acceptors (Lipinski definition) is 6. The van der Waals surface area contributed by atoms with Crippen molar-refractivity contribution in [1.82, 2.24) is 15.2 Å². The van der Waals surface area contributed by atoms with E-state index in [1.165, 1.54) is 6.20 Å². The van der Waals surface area contributed by atoms with Gasteiger partial charge in [0.05, 0.1) is 23.2 Å². The fourth-order valence-electron chi connectivity index (χ4n) is 3.34. The summed E-state index contributed by atoms with van der Waals surface area (Å²) in [5.74, 6) is 1.13. The quantitative estimate of drug-likeness (QED) is 0.628. The average Bonchev–Trinajstić information content (AvgIpc) is 2.66. The van der Waals surface area contributed by atoms with Gasteiger partial charge in [0, 0.05) is 39.3 Å². The third-order valence-corrected chi connectivity index (χ3v) is 5.93. The van der Waals surface area contributed by atoms with Gasteiger partial charge in [-0.3, -0.25) is 9.52 Å². The molecule has 8 nitrogen and oxygen atoms in total. The molecule has 2 heterocycles. The second-order valence-corrected chi connectivity index (χ2v) is 10.3. The number of carbonyl (C=O) groups excluding carboxylic acids is 1. The van der Waals surface area contributed by atoms with E-state index < -0.39 is 10.0 Å². The molecule has 1 amide bonds. The van der Waals surface area contributed by atoms with E-state index in [9.17, 15) is 13.2 Å². The zero-order valence-electron chi connectivity index (χ0n) is 18.2. The monoisotopic (exact) mass is 425 g/mol. The van der Waals surface area contributed by atoms with Crippen molar-refractivity contribution in [3.05, 3.63) is 17.8 Å². The molecule has 0 bridgehead atoms. The maximum Gasteiger partial charge on any atom is 0.257 e. The minimum atomic E-state index is -3.45. The highest BCUT2D eigenvalue weighted by atomic mass is 32.2. The molecule has 1 aromatic rings. The maximum atomic E-state index is 13.5. The summed E-state index contributed by atoms with van der Waals surface area (Å²) in [6.07, 6.45) is 1.50. The van der Waals surface area contributed by atoms with Crippen LogP contribution >= 0.6 is 0 Å². The fourth-order valence-corrected chi connectivity index (χ4v) is 3.96. The summed E-state index contributed by atoms with van der Waals surface area (Å²) in [7, 11) is -3.45. The minimum Gasteiger partial charge on any atom is -0.353 e. The highest BCUT2D eigenvalue weighted by molar-refractivity contribution is 7.92. The molecule has 29 heavy (non-hydrogen) atoms. The van der Waals surface area contributed by atoms with Gasteiger partial charge in [0.15, 0.2) is 0 Å². The van der Waals surface area contributed by atoms with Gasteiger partial charge in [-0.1, -0.05) is 27.7 Å². The second kappa shape index (κ2) is 10.2. The Balaban J connectivity index is 2.45. The number of piperazine rings is 1. The molecule has 0 aromatic carbocycles. The molecule has 0 aliphatic carbocycles. The Kier molecular flexibility index (Phi) is 8.27. The second-order valence-electron chi connectivity index (χ2n) is 8.34. The van der Waals surface area contributed by atoms with E-state index >= 15 is 0 Å². The van der Waals surface area contributed by atoms with E-state index in [2.05, 4.69) is 47.6 Å². The molecule has 2 rings (SSSR count). The highest BCUT2D eigenvalue weighted by Crippen LogP contribution is 2.25. The van der Waals surface area contributed by atoms with Gasteiger partial charge in [-0.15, -0.1) is 0 Å². The molecule has 164 valence electrons. The van der Waals surface area contributed by atoms with Gasteiger partial charge >= 0.3 is 0 Å². The van der Waals surface area contributed by atoms with E-state index in [4.69, 9.17) is 0 Å². The first kappa shape index (κ1) is 23.4. The Morgan fingerprint density at radius 2 is 1.79 bits per heavy atom. The normalized spacial score (nSPS) is 15.1. The predicted octanol–water partition coefficient (Wildman–Crippen LogP) is 2.01. The first-order chi connectivity index (χ1) is 13.6. The zero-order valence-corrected chi connectivity index (χ0v) is 19.1. The molecule has 0 spiro atoms. The van der Waals surface area contributed by atoms with Gasteiger partial charge in [-0.05, 0) is 24.8 Å². The number of sulfonamides is 1. The number of rotatable bonds is 9. The Morgan fingerprint density at radius 3 is 2.31 bits per heavy atom. The van der Waals surface area contributed by atoms with Crippen LogP contribution in [0.4, 0.5) is 11.5 Å². The number of nitrogens with zero attached hydrogens (tertiary/aromatic N) is 3. The summed E-state index contributed by atoms with van der Waals surface area (Å²) in [5, 5.41) is 3.30. The largest absolute Gasteiger partial charge is 0.353 e. The van der Waals surface area contributed by atoms with Crippen LogP contribution in [0.3, 0.4) is 0 Å². The van der Waals surface area contributed by atoms with Crippen LogP contribution in [0.1, 0.15) is 45.0 Å². The van der Waals surface area contributed by atoms with Crippen LogP contribution in [0, 0.1) is 11.8 Å².